The van der Waals surface area contributed by atoms with Crippen LogP contribution in [0.5, 0.6) is 0 Å². The molecule has 2 aromatic carbocycles. The Kier molecular flexibility index (Phi) is 7.66. The summed E-state index contributed by atoms with van der Waals surface area (Å²) in [5.74, 6) is 0.888. The minimum Gasteiger partial charge on any atom is -0.379 e. The fourth-order valence-corrected chi connectivity index (χ4v) is 5.03. The van der Waals surface area contributed by atoms with Crippen molar-refractivity contribution in [3.8, 4) is 0 Å². The van der Waals surface area contributed by atoms with Gasteiger partial charge in [0.15, 0.2) is 5.82 Å². The minimum absolute atomic E-state index is 0.386. The molecule has 2 heterocycles. The molecule has 7 nitrogen and oxygen atoms in total. The average Bonchev–Trinajstić information content (AvgIpc) is 2.80. The van der Waals surface area contributed by atoms with E-state index in [1.54, 1.807) is 19.5 Å². The number of morpholine rings is 1. The highest BCUT2D eigenvalue weighted by molar-refractivity contribution is 7.70. The first kappa shape index (κ1) is 23.7. The van der Waals surface area contributed by atoms with Crippen LogP contribution in [0.1, 0.15) is 5.56 Å². The second-order valence-corrected chi connectivity index (χ2v) is 12.0. The number of aromatic nitrogens is 2. The lowest BCUT2D eigenvalue weighted by Gasteiger charge is -2.26. The van der Waals surface area contributed by atoms with Crippen LogP contribution in [0.3, 0.4) is 0 Å². The molecule has 1 fully saturated rings. The van der Waals surface area contributed by atoms with Crippen molar-refractivity contribution in [2.24, 2.45) is 0 Å². The average molecular weight is 486 g/mol. The summed E-state index contributed by atoms with van der Waals surface area (Å²) in [4.78, 5) is 11.3. The summed E-state index contributed by atoms with van der Waals surface area (Å²) < 4.78 is 18.1. The molecule has 1 aliphatic heterocycles. The predicted octanol–water partition coefficient (Wildman–Crippen LogP) is 4.74. The van der Waals surface area contributed by atoms with Gasteiger partial charge in [-0.15, -0.1) is 0 Å². The van der Waals surface area contributed by atoms with Gasteiger partial charge in [-0.2, -0.15) is 4.98 Å². The minimum atomic E-state index is -2.47. The molecule has 0 bridgehead atoms. The maximum absolute atomic E-state index is 12.7. The fraction of sp³-hybridized carbons (Fsp3) is 0.333. The fourth-order valence-electron chi connectivity index (χ4n) is 3.74. The Balaban J connectivity index is 1.47. The number of rotatable bonds is 8. The van der Waals surface area contributed by atoms with Gasteiger partial charge in [0.1, 0.15) is 12.2 Å². The van der Waals surface area contributed by atoms with E-state index < -0.39 is 7.14 Å². The van der Waals surface area contributed by atoms with Gasteiger partial charge in [-0.05, 0) is 49.6 Å². The Morgan fingerprint density at radius 3 is 2.67 bits per heavy atom. The van der Waals surface area contributed by atoms with Crippen LogP contribution in [0, 0.1) is 0 Å². The van der Waals surface area contributed by atoms with Crippen molar-refractivity contribution < 1.29 is 9.30 Å². The molecule has 9 heteroatoms. The van der Waals surface area contributed by atoms with E-state index in [0.717, 1.165) is 55.9 Å². The Labute approximate surface area is 199 Å². The molecule has 1 saturated heterocycles. The van der Waals surface area contributed by atoms with Gasteiger partial charge >= 0.3 is 0 Å². The van der Waals surface area contributed by atoms with E-state index in [-0.39, 0.29) is 0 Å². The van der Waals surface area contributed by atoms with Crippen LogP contribution in [0.15, 0.2) is 54.7 Å². The van der Waals surface area contributed by atoms with Crippen molar-refractivity contribution in [2.75, 3.05) is 56.8 Å². The highest BCUT2D eigenvalue weighted by atomic mass is 35.5. The number of anilines is 4. The molecule has 1 aliphatic rings. The number of benzene rings is 2. The number of nitrogens with zero attached hydrogens (tertiary/aromatic N) is 3. The number of nitrogens with one attached hydrogen (secondary N) is 2. The Morgan fingerprint density at radius 2 is 1.88 bits per heavy atom. The van der Waals surface area contributed by atoms with Crippen LogP contribution >= 0.6 is 18.7 Å². The van der Waals surface area contributed by atoms with E-state index in [9.17, 15) is 4.57 Å². The zero-order valence-electron chi connectivity index (χ0n) is 18.9. The smallest absolute Gasteiger partial charge is 0.229 e. The van der Waals surface area contributed by atoms with Gasteiger partial charge < -0.3 is 19.9 Å². The quantitative estimate of drug-likeness (QED) is 0.446. The second kappa shape index (κ2) is 10.7. The summed E-state index contributed by atoms with van der Waals surface area (Å²) in [5.41, 5.74) is 2.88. The Hall–Kier alpha value is -2.44. The van der Waals surface area contributed by atoms with Crippen LogP contribution in [0.4, 0.5) is 23.1 Å². The lowest BCUT2D eigenvalue weighted by atomic mass is 10.1. The van der Waals surface area contributed by atoms with Gasteiger partial charge in [0.2, 0.25) is 5.95 Å². The van der Waals surface area contributed by atoms with Crippen LogP contribution in [-0.2, 0) is 15.7 Å². The maximum Gasteiger partial charge on any atom is 0.229 e. The normalized spacial score (nSPS) is 14.8. The third-order valence-corrected chi connectivity index (χ3v) is 7.31. The lowest BCUT2D eigenvalue weighted by molar-refractivity contribution is 0.0384. The van der Waals surface area contributed by atoms with Gasteiger partial charge in [0.25, 0.3) is 0 Å². The van der Waals surface area contributed by atoms with Crippen molar-refractivity contribution in [3.05, 3.63) is 65.3 Å². The largest absolute Gasteiger partial charge is 0.379 e. The first-order valence-corrected chi connectivity index (χ1v) is 14.0. The van der Waals surface area contributed by atoms with Crippen molar-refractivity contribution in [1.29, 1.82) is 0 Å². The van der Waals surface area contributed by atoms with E-state index in [2.05, 4.69) is 37.6 Å². The van der Waals surface area contributed by atoms with Gasteiger partial charge in [-0.25, -0.2) is 4.98 Å². The molecule has 2 N–H and O–H groups in total. The highest BCUT2D eigenvalue weighted by Crippen LogP contribution is 2.38. The number of ether oxygens (including phenoxy) is 1. The summed E-state index contributed by atoms with van der Waals surface area (Å²) >= 11 is 6.36. The SMILES string of the molecule is CP(C)(=O)c1ccccc1Nc1nc(Nc2cccc(CCN3CCOCC3)c2)ncc1Cl. The predicted molar refractivity (Wildman–Crippen MR) is 137 cm³/mol. The van der Waals surface area contributed by atoms with Crippen molar-refractivity contribution in [3.63, 3.8) is 0 Å². The van der Waals surface area contributed by atoms with Gasteiger partial charge in [0, 0.05) is 30.6 Å². The molecule has 33 heavy (non-hydrogen) atoms. The van der Waals surface area contributed by atoms with Crippen molar-refractivity contribution in [1.82, 2.24) is 14.9 Å². The van der Waals surface area contributed by atoms with Gasteiger partial charge in [-0.1, -0.05) is 35.9 Å². The molecule has 3 aromatic rings. The van der Waals surface area contributed by atoms with Gasteiger partial charge in [0.05, 0.1) is 25.1 Å². The second-order valence-electron chi connectivity index (χ2n) is 8.41. The van der Waals surface area contributed by atoms with E-state index >= 15 is 0 Å². The first-order valence-electron chi connectivity index (χ1n) is 11.0. The van der Waals surface area contributed by atoms with E-state index in [4.69, 9.17) is 16.3 Å². The molecule has 0 saturated carbocycles. The molecular formula is C24H29ClN5O2P. The van der Waals surface area contributed by atoms with Crippen LogP contribution in [0.2, 0.25) is 5.02 Å². The monoisotopic (exact) mass is 485 g/mol. The standard InChI is InChI=1S/C24H29ClN5O2P/c1-33(2,31)22-9-4-3-8-21(22)28-23-20(25)17-26-24(29-23)27-19-7-5-6-18(16-19)10-11-30-12-14-32-15-13-30/h3-9,16-17H,10-15H2,1-2H3,(H2,26,27,28,29). The molecule has 0 atom stereocenters. The third kappa shape index (κ3) is 6.55. The van der Waals surface area contributed by atoms with E-state index in [0.29, 0.717) is 16.8 Å². The molecule has 0 amide bonds. The molecule has 0 spiro atoms. The van der Waals surface area contributed by atoms with E-state index in [1.165, 1.54) is 5.56 Å². The summed E-state index contributed by atoms with van der Waals surface area (Å²) in [6.45, 7) is 8.09. The summed E-state index contributed by atoms with van der Waals surface area (Å²) in [6.07, 6.45) is 2.52. The van der Waals surface area contributed by atoms with Crippen LogP contribution in [0.25, 0.3) is 0 Å². The summed E-state index contributed by atoms with van der Waals surface area (Å²) in [7, 11) is -2.47. The Bertz CT molecular complexity index is 1150. The lowest BCUT2D eigenvalue weighted by Crippen LogP contribution is -2.37. The van der Waals surface area contributed by atoms with Crippen molar-refractivity contribution in [2.45, 2.75) is 6.42 Å². The summed E-state index contributed by atoms with van der Waals surface area (Å²) in [5, 5.41) is 7.64. The zero-order valence-corrected chi connectivity index (χ0v) is 20.6. The first-order chi connectivity index (χ1) is 15.9. The number of hydrogen-bond donors (Lipinski definition) is 2. The Morgan fingerprint density at radius 1 is 1.09 bits per heavy atom. The zero-order chi connectivity index (χ0) is 23.3. The number of para-hydroxylation sites is 1. The van der Waals surface area contributed by atoms with E-state index in [1.807, 2.05) is 36.4 Å². The molecule has 4 rings (SSSR count). The molecule has 0 aliphatic carbocycles. The molecular weight excluding hydrogens is 457 g/mol. The summed E-state index contributed by atoms with van der Waals surface area (Å²) in [6, 6.07) is 15.8. The van der Waals surface area contributed by atoms with Crippen molar-refractivity contribution >= 4 is 47.2 Å². The molecule has 1 aromatic heterocycles. The maximum atomic E-state index is 12.7. The molecule has 0 radical (unpaired) electrons. The van der Waals surface area contributed by atoms with Gasteiger partial charge in [-0.3, -0.25) is 4.90 Å². The third-order valence-electron chi connectivity index (χ3n) is 5.48. The number of halogens is 1. The topological polar surface area (TPSA) is 79.4 Å². The number of hydrogen-bond acceptors (Lipinski definition) is 7. The molecule has 0 unspecified atom stereocenters. The van der Waals surface area contributed by atoms with Crippen LogP contribution in [-0.4, -0.2) is 61.0 Å². The van der Waals surface area contributed by atoms with Crippen LogP contribution < -0.4 is 15.9 Å². The molecule has 174 valence electrons. The highest BCUT2D eigenvalue weighted by Gasteiger charge is 2.17.